The van der Waals surface area contributed by atoms with Crippen LogP contribution < -0.4 is 88.7 Å². The molecule has 14 valence electrons. The van der Waals surface area contributed by atoms with Crippen LogP contribution in [-0.2, 0) is 13.5 Å². The van der Waals surface area contributed by atoms with Crippen LogP contribution in [0.2, 0.25) is 0 Å². The van der Waals surface area contributed by atoms with Crippen LogP contribution in [0.5, 0.6) is 0 Å². The van der Waals surface area contributed by atoms with E-state index in [9.17, 15) is 0 Å². The molecule has 5 heteroatoms. The fourth-order valence-electron chi connectivity index (χ4n) is 0. The monoisotopic (exact) mass is 115 g/mol. The van der Waals surface area contributed by atoms with Gasteiger partial charge in [0.15, 0.2) is 0 Å². The van der Waals surface area contributed by atoms with Crippen molar-refractivity contribution in [2.45, 2.75) is 0 Å². The van der Waals surface area contributed by atoms with Gasteiger partial charge in [-0.3, -0.25) is 0 Å². The number of hydrogen-bond donors (Lipinski definition) is 0. The van der Waals surface area contributed by atoms with Crippen molar-refractivity contribution in [2.75, 3.05) is 0 Å². The van der Waals surface area contributed by atoms with Crippen LogP contribution in [0.15, 0.2) is 0 Å². The van der Waals surface area contributed by atoms with Gasteiger partial charge in [0.05, 0.1) is 8.41 Å². The molecule has 5 heavy (non-hydrogen) atoms. The van der Waals surface area contributed by atoms with Gasteiger partial charge in [-0.1, -0.05) is 0 Å². The molecule has 0 aromatic carbocycles. The number of rotatable bonds is 0. The third-order valence-electron chi connectivity index (χ3n) is 0. The van der Waals surface area contributed by atoms with Crippen molar-refractivity contribution in [1.82, 2.24) is 0 Å². The summed E-state index contributed by atoms with van der Waals surface area (Å²) in [5, 5.41) is 0. The van der Waals surface area contributed by atoms with E-state index in [-0.39, 0.29) is 111 Å². The molecule has 0 aliphatic carbocycles. The molecular formula is H3BNa3S+. The fourth-order valence-corrected chi connectivity index (χ4v) is 0. The third-order valence-corrected chi connectivity index (χ3v) is 0. The summed E-state index contributed by atoms with van der Waals surface area (Å²) in [7, 11) is 0. The average Bonchev–Trinajstić information content (AvgIpc) is 0. The second kappa shape index (κ2) is 26.2. The molecule has 0 aliphatic rings. The summed E-state index contributed by atoms with van der Waals surface area (Å²) in [6.07, 6.45) is 0. The van der Waals surface area contributed by atoms with Crippen LogP contribution in [0.3, 0.4) is 0 Å². The second-order valence-corrected chi connectivity index (χ2v) is 0. The molecule has 0 saturated heterocycles. The second-order valence-electron chi connectivity index (χ2n) is 0. The van der Waals surface area contributed by atoms with Gasteiger partial charge in [0.2, 0.25) is 0 Å². The Morgan fingerprint density at radius 1 is 0.600 bits per heavy atom. The third kappa shape index (κ3) is 18.6. The Labute approximate surface area is 108 Å². The summed E-state index contributed by atoms with van der Waals surface area (Å²) in [5.41, 5.74) is 0. The zero-order valence-corrected chi connectivity index (χ0v) is 10.2. The molecule has 0 rings (SSSR count). The molecular weight excluding hydrogens is 112 g/mol. The number of hydrogen-bond acceptors (Lipinski definition) is 0. The molecule has 0 N–H and O–H groups in total. The Kier molecular flexibility index (Phi) is 208. The van der Waals surface area contributed by atoms with Crippen molar-refractivity contribution >= 4 is 21.9 Å². The summed E-state index contributed by atoms with van der Waals surface area (Å²) in [6.45, 7) is 0. The van der Waals surface area contributed by atoms with Gasteiger partial charge in [0.1, 0.15) is 0 Å². The maximum atomic E-state index is 0. The standard InChI is InChI=1S/BH3.3Na.S/h1H3;;;;/q;3*+1;-2. The van der Waals surface area contributed by atoms with E-state index in [1.165, 1.54) is 0 Å². The minimum Gasteiger partial charge on any atom is -2.00 e. The van der Waals surface area contributed by atoms with Crippen molar-refractivity contribution in [2.24, 2.45) is 0 Å². The molecule has 0 spiro atoms. The molecule has 0 atom stereocenters. The van der Waals surface area contributed by atoms with Gasteiger partial charge in [-0.2, -0.15) is 0 Å². The molecule has 0 unspecified atom stereocenters. The maximum absolute atomic E-state index is 0. The van der Waals surface area contributed by atoms with Crippen molar-refractivity contribution in [3.8, 4) is 0 Å². The predicted octanol–water partition coefficient (Wildman–Crippen LogP) is -10.2. The minimum atomic E-state index is 0. The molecule has 0 heterocycles. The molecule has 0 amide bonds. The van der Waals surface area contributed by atoms with Gasteiger partial charge in [0, 0.05) is 0 Å². The van der Waals surface area contributed by atoms with Crippen LogP contribution in [0.1, 0.15) is 0 Å². The Balaban J connectivity index is 0. The molecule has 0 aromatic heterocycles. The summed E-state index contributed by atoms with van der Waals surface area (Å²) in [6, 6.07) is 0. The van der Waals surface area contributed by atoms with E-state index in [4.69, 9.17) is 0 Å². The van der Waals surface area contributed by atoms with E-state index in [0.717, 1.165) is 0 Å². The van der Waals surface area contributed by atoms with Gasteiger partial charge in [0.25, 0.3) is 0 Å². The van der Waals surface area contributed by atoms with E-state index in [2.05, 4.69) is 0 Å². The van der Waals surface area contributed by atoms with Gasteiger partial charge < -0.3 is 13.5 Å². The van der Waals surface area contributed by atoms with Gasteiger partial charge in [-0.25, -0.2) is 0 Å². The Morgan fingerprint density at radius 2 is 0.600 bits per heavy atom. The molecule has 0 aliphatic heterocycles. The zero-order chi connectivity index (χ0) is 0. The first kappa shape index (κ1) is 39.7. The van der Waals surface area contributed by atoms with Crippen molar-refractivity contribution < 1.29 is 88.7 Å². The Bertz CT molecular complexity index is 6.85. The van der Waals surface area contributed by atoms with Gasteiger partial charge in [-0.05, 0) is 0 Å². The summed E-state index contributed by atoms with van der Waals surface area (Å²) in [4.78, 5) is 0. The molecule has 0 bridgehead atoms. The van der Waals surface area contributed by atoms with Gasteiger partial charge >= 0.3 is 88.7 Å². The molecule has 0 radical (unpaired) electrons. The van der Waals surface area contributed by atoms with Gasteiger partial charge in [-0.15, -0.1) is 0 Å². The van der Waals surface area contributed by atoms with E-state index >= 15 is 0 Å². The van der Waals surface area contributed by atoms with Crippen LogP contribution in [0, 0.1) is 0 Å². The van der Waals surface area contributed by atoms with E-state index < -0.39 is 0 Å². The topological polar surface area (TPSA) is 0 Å². The molecule has 0 saturated carbocycles. The Morgan fingerprint density at radius 3 is 0.600 bits per heavy atom. The normalized spacial score (nSPS) is 0. The average molecular weight is 115 g/mol. The van der Waals surface area contributed by atoms with Crippen molar-refractivity contribution in [1.29, 1.82) is 0 Å². The maximum Gasteiger partial charge on any atom is 1.00 e. The minimum absolute atomic E-state index is 0. The zero-order valence-electron chi connectivity index (χ0n) is 3.41. The van der Waals surface area contributed by atoms with E-state index in [1.54, 1.807) is 0 Å². The molecule has 0 nitrogen and oxygen atoms in total. The van der Waals surface area contributed by atoms with Crippen molar-refractivity contribution in [3.05, 3.63) is 0 Å². The quantitative estimate of drug-likeness (QED) is 0.275. The van der Waals surface area contributed by atoms with E-state index in [0.29, 0.717) is 0 Å². The van der Waals surface area contributed by atoms with Crippen LogP contribution in [-0.4, -0.2) is 8.41 Å². The van der Waals surface area contributed by atoms with E-state index in [1.807, 2.05) is 0 Å². The molecule has 0 fully saturated rings. The molecule has 0 aromatic rings. The van der Waals surface area contributed by atoms with Crippen LogP contribution in [0.4, 0.5) is 0 Å². The summed E-state index contributed by atoms with van der Waals surface area (Å²) in [5.74, 6) is 0. The first-order chi connectivity index (χ1) is 0. The largest absolute Gasteiger partial charge is 2.00 e. The Hall–Kier alpha value is 3.41. The first-order valence-electron chi connectivity index (χ1n) is 0. The van der Waals surface area contributed by atoms with Crippen LogP contribution >= 0.6 is 0 Å². The van der Waals surface area contributed by atoms with Crippen molar-refractivity contribution in [3.63, 3.8) is 0 Å². The summed E-state index contributed by atoms with van der Waals surface area (Å²) >= 11 is 0. The fraction of sp³-hybridized carbons (Fsp3) is 0. The predicted molar refractivity (Wildman–Crippen MR) is 17.3 cm³/mol. The smallest absolute Gasteiger partial charge is 1.00 e. The first-order valence-corrected chi connectivity index (χ1v) is 0. The summed E-state index contributed by atoms with van der Waals surface area (Å²) < 4.78 is 0. The SMILES string of the molecule is B.[Na+].[Na+].[Na+].[S-2]. The van der Waals surface area contributed by atoms with Crippen LogP contribution in [0.25, 0.3) is 0 Å².